The van der Waals surface area contributed by atoms with Crippen LogP contribution in [-0.2, 0) is 0 Å². The van der Waals surface area contributed by atoms with Crippen molar-refractivity contribution in [3.8, 4) is 5.75 Å². The summed E-state index contributed by atoms with van der Waals surface area (Å²) in [5, 5.41) is 18.0. The standard InChI is InChI=1S/C9H11ClFNO2/c10-7-4-5(11)3-6(9(7)14)8(12)1-2-13/h3-4,8,13-14H,1-2,12H2/t8-/m1/s1. The van der Waals surface area contributed by atoms with Gasteiger partial charge in [-0.1, -0.05) is 11.6 Å². The number of aromatic hydroxyl groups is 1. The predicted molar refractivity (Wildman–Crippen MR) is 51.7 cm³/mol. The molecule has 0 aromatic heterocycles. The second-order valence-corrected chi connectivity index (χ2v) is 3.35. The van der Waals surface area contributed by atoms with Crippen molar-refractivity contribution in [3.63, 3.8) is 0 Å². The van der Waals surface area contributed by atoms with Crippen molar-refractivity contribution in [2.45, 2.75) is 12.5 Å². The summed E-state index contributed by atoms with van der Waals surface area (Å²) in [6.45, 7) is -0.130. The number of benzene rings is 1. The lowest BCUT2D eigenvalue weighted by molar-refractivity contribution is 0.275. The van der Waals surface area contributed by atoms with Crippen molar-refractivity contribution >= 4 is 11.6 Å². The minimum atomic E-state index is -0.617. The molecule has 14 heavy (non-hydrogen) atoms. The molecule has 1 aromatic rings. The van der Waals surface area contributed by atoms with E-state index in [4.69, 9.17) is 22.4 Å². The Bertz CT molecular complexity index is 333. The molecule has 0 radical (unpaired) electrons. The monoisotopic (exact) mass is 219 g/mol. The second kappa shape index (κ2) is 4.59. The van der Waals surface area contributed by atoms with Gasteiger partial charge >= 0.3 is 0 Å². The molecule has 0 spiro atoms. The van der Waals surface area contributed by atoms with Crippen LogP contribution in [0.5, 0.6) is 5.75 Å². The zero-order valence-corrected chi connectivity index (χ0v) is 8.13. The fourth-order valence-electron chi connectivity index (χ4n) is 1.16. The number of phenolic OH excluding ortho intramolecular Hbond substituents is 1. The maximum atomic E-state index is 12.9. The Labute approximate surface area is 85.9 Å². The van der Waals surface area contributed by atoms with E-state index >= 15 is 0 Å². The molecule has 0 bridgehead atoms. The maximum Gasteiger partial charge on any atom is 0.139 e. The van der Waals surface area contributed by atoms with Gasteiger partial charge < -0.3 is 15.9 Å². The highest BCUT2D eigenvalue weighted by Crippen LogP contribution is 2.32. The Balaban J connectivity index is 3.07. The Hall–Kier alpha value is -0.840. The van der Waals surface area contributed by atoms with Gasteiger partial charge in [-0.25, -0.2) is 4.39 Å². The summed E-state index contributed by atoms with van der Waals surface area (Å²) in [5.41, 5.74) is 5.81. The highest BCUT2D eigenvalue weighted by molar-refractivity contribution is 6.32. The van der Waals surface area contributed by atoms with Crippen molar-refractivity contribution in [3.05, 3.63) is 28.5 Å². The Morgan fingerprint density at radius 2 is 2.14 bits per heavy atom. The van der Waals surface area contributed by atoms with Crippen LogP contribution in [0.3, 0.4) is 0 Å². The summed E-state index contributed by atoms with van der Waals surface area (Å²) in [5.74, 6) is -0.787. The first kappa shape index (κ1) is 11.2. The zero-order chi connectivity index (χ0) is 10.7. The molecule has 1 atom stereocenters. The van der Waals surface area contributed by atoms with Crippen LogP contribution in [0.4, 0.5) is 4.39 Å². The molecule has 5 heteroatoms. The van der Waals surface area contributed by atoms with E-state index in [0.29, 0.717) is 0 Å². The number of aliphatic hydroxyl groups is 1. The quantitative estimate of drug-likeness (QED) is 0.723. The summed E-state index contributed by atoms with van der Waals surface area (Å²) in [6.07, 6.45) is 0.243. The molecule has 1 aromatic carbocycles. The van der Waals surface area contributed by atoms with Crippen molar-refractivity contribution in [2.75, 3.05) is 6.61 Å². The number of rotatable bonds is 3. The fraction of sp³-hybridized carbons (Fsp3) is 0.333. The van der Waals surface area contributed by atoms with Gasteiger partial charge in [0.25, 0.3) is 0 Å². The van der Waals surface area contributed by atoms with Crippen LogP contribution in [0.15, 0.2) is 12.1 Å². The Morgan fingerprint density at radius 1 is 1.50 bits per heavy atom. The molecule has 0 aliphatic carbocycles. The molecule has 4 N–H and O–H groups in total. The first-order chi connectivity index (χ1) is 6.56. The van der Waals surface area contributed by atoms with Gasteiger partial charge in [-0.05, 0) is 18.6 Å². The summed E-state index contributed by atoms with van der Waals surface area (Å²) in [4.78, 5) is 0. The van der Waals surface area contributed by atoms with Gasteiger partial charge in [0.2, 0.25) is 0 Å². The van der Waals surface area contributed by atoms with Crippen LogP contribution in [0.2, 0.25) is 5.02 Å². The zero-order valence-electron chi connectivity index (χ0n) is 7.37. The molecule has 0 aliphatic heterocycles. The summed E-state index contributed by atoms with van der Waals surface area (Å²) in [6, 6.07) is 1.50. The largest absolute Gasteiger partial charge is 0.506 e. The average molecular weight is 220 g/mol. The van der Waals surface area contributed by atoms with E-state index in [1.807, 2.05) is 0 Å². The molecule has 0 amide bonds. The van der Waals surface area contributed by atoms with Crippen molar-refractivity contribution in [1.82, 2.24) is 0 Å². The molecule has 1 rings (SSSR count). The topological polar surface area (TPSA) is 66.5 Å². The van der Waals surface area contributed by atoms with Crippen LogP contribution in [0.1, 0.15) is 18.0 Å². The van der Waals surface area contributed by atoms with E-state index in [0.717, 1.165) is 12.1 Å². The van der Waals surface area contributed by atoms with Crippen molar-refractivity contribution in [2.24, 2.45) is 5.73 Å². The molecule has 78 valence electrons. The van der Waals surface area contributed by atoms with Gasteiger partial charge in [0.05, 0.1) is 5.02 Å². The fourth-order valence-corrected chi connectivity index (χ4v) is 1.38. The van der Waals surface area contributed by atoms with Crippen LogP contribution in [0.25, 0.3) is 0 Å². The number of phenols is 1. The molecule has 0 heterocycles. The Morgan fingerprint density at radius 3 is 2.71 bits per heavy atom. The van der Waals surface area contributed by atoms with E-state index in [1.165, 1.54) is 0 Å². The molecule has 0 fully saturated rings. The number of hydrogen-bond donors (Lipinski definition) is 3. The smallest absolute Gasteiger partial charge is 0.139 e. The third-order valence-electron chi connectivity index (χ3n) is 1.90. The van der Waals surface area contributed by atoms with Gasteiger partial charge in [0.15, 0.2) is 0 Å². The van der Waals surface area contributed by atoms with E-state index < -0.39 is 11.9 Å². The number of aliphatic hydroxyl groups excluding tert-OH is 1. The van der Waals surface area contributed by atoms with E-state index in [2.05, 4.69) is 0 Å². The summed E-state index contributed by atoms with van der Waals surface area (Å²) >= 11 is 5.56. The second-order valence-electron chi connectivity index (χ2n) is 2.94. The first-order valence-corrected chi connectivity index (χ1v) is 4.48. The van der Waals surface area contributed by atoms with Crippen LogP contribution in [0, 0.1) is 5.82 Å². The normalized spacial score (nSPS) is 12.9. The molecule has 0 unspecified atom stereocenters. The molecule has 0 saturated carbocycles. The third-order valence-corrected chi connectivity index (χ3v) is 2.19. The number of nitrogens with two attached hydrogens (primary N) is 1. The SMILES string of the molecule is N[C@H](CCO)c1cc(F)cc(Cl)c1O. The average Bonchev–Trinajstić information content (AvgIpc) is 2.11. The lowest BCUT2D eigenvalue weighted by Crippen LogP contribution is -2.12. The number of hydrogen-bond acceptors (Lipinski definition) is 3. The minimum Gasteiger partial charge on any atom is -0.506 e. The third kappa shape index (κ3) is 2.35. The van der Waals surface area contributed by atoms with Gasteiger partial charge in [-0.2, -0.15) is 0 Å². The van der Waals surface area contributed by atoms with Crippen LogP contribution >= 0.6 is 11.6 Å². The van der Waals surface area contributed by atoms with Gasteiger partial charge in [0, 0.05) is 18.2 Å². The van der Waals surface area contributed by atoms with Gasteiger partial charge in [-0.15, -0.1) is 0 Å². The van der Waals surface area contributed by atoms with Crippen molar-refractivity contribution in [1.29, 1.82) is 0 Å². The molecule has 0 aliphatic rings. The molecular formula is C9H11ClFNO2. The lowest BCUT2D eigenvalue weighted by Gasteiger charge is -2.13. The Kier molecular flexibility index (Phi) is 3.69. The molecular weight excluding hydrogens is 209 g/mol. The molecule has 3 nitrogen and oxygen atoms in total. The van der Waals surface area contributed by atoms with Gasteiger partial charge in [-0.3, -0.25) is 0 Å². The van der Waals surface area contributed by atoms with Crippen molar-refractivity contribution < 1.29 is 14.6 Å². The minimum absolute atomic E-state index is 0.0756. The molecule has 0 saturated heterocycles. The predicted octanol–water partition coefficient (Wildman–Crippen LogP) is 1.57. The summed E-state index contributed by atoms with van der Waals surface area (Å²) < 4.78 is 12.9. The summed E-state index contributed by atoms with van der Waals surface area (Å²) in [7, 11) is 0. The van der Waals surface area contributed by atoms with E-state index in [1.54, 1.807) is 0 Å². The number of halogens is 2. The highest BCUT2D eigenvalue weighted by atomic mass is 35.5. The first-order valence-electron chi connectivity index (χ1n) is 4.10. The van der Waals surface area contributed by atoms with Gasteiger partial charge in [0.1, 0.15) is 11.6 Å². The lowest BCUT2D eigenvalue weighted by atomic mass is 10.0. The van der Waals surface area contributed by atoms with E-state index in [-0.39, 0.29) is 29.4 Å². The maximum absolute atomic E-state index is 12.9. The van der Waals surface area contributed by atoms with Crippen LogP contribution in [-0.4, -0.2) is 16.8 Å². The highest BCUT2D eigenvalue weighted by Gasteiger charge is 2.14. The van der Waals surface area contributed by atoms with E-state index in [9.17, 15) is 9.50 Å². The van der Waals surface area contributed by atoms with Crippen LogP contribution < -0.4 is 5.73 Å².